The number of ether oxygens (including phenoxy) is 1. The molecule has 0 aliphatic heterocycles. The van der Waals surface area contributed by atoms with E-state index in [0.717, 1.165) is 0 Å². The first-order valence-corrected chi connectivity index (χ1v) is 4.43. The maximum atomic E-state index is 5.16. The van der Waals surface area contributed by atoms with E-state index in [1.807, 2.05) is 13.0 Å². The van der Waals surface area contributed by atoms with Crippen molar-refractivity contribution in [2.45, 2.75) is 13.3 Å². The zero-order valence-electron chi connectivity index (χ0n) is 8.49. The van der Waals surface area contributed by atoms with Gasteiger partial charge in [-0.3, -0.25) is 4.99 Å². The molecule has 3 nitrogen and oxygen atoms in total. The van der Waals surface area contributed by atoms with Crippen LogP contribution >= 0.6 is 0 Å². The van der Waals surface area contributed by atoms with Crippen molar-refractivity contribution < 1.29 is 4.74 Å². The summed E-state index contributed by atoms with van der Waals surface area (Å²) in [6, 6.07) is 0. The van der Waals surface area contributed by atoms with Gasteiger partial charge in [-0.2, -0.15) is 0 Å². The lowest BCUT2D eigenvalue weighted by Crippen LogP contribution is -2.17. The fourth-order valence-corrected chi connectivity index (χ4v) is 0.643. The molecule has 0 rings (SSSR count). The number of nitrogens with zero attached hydrogens (tertiary/aromatic N) is 1. The molecule has 0 aromatic carbocycles. The highest BCUT2D eigenvalue weighted by molar-refractivity contribution is 5.60. The Labute approximate surface area is 85.6 Å². The van der Waals surface area contributed by atoms with E-state index in [2.05, 4.69) is 22.8 Å². The van der Waals surface area contributed by atoms with Gasteiger partial charge in [-0.05, 0) is 13.5 Å². The van der Waals surface area contributed by atoms with Gasteiger partial charge < -0.3 is 10.1 Å². The van der Waals surface area contributed by atoms with Gasteiger partial charge in [-0.1, -0.05) is 6.08 Å². The van der Waals surface area contributed by atoms with Crippen LogP contribution in [0.5, 0.6) is 0 Å². The molecular weight excluding hydrogens is 176 g/mol. The molecule has 0 aliphatic carbocycles. The van der Waals surface area contributed by atoms with Crippen molar-refractivity contribution in [2.24, 2.45) is 4.99 Å². The minimum absolute atomic E-state index is 0.494. The first kappa shape index (κ1) is 12.3. The fraction of sp³-hybridized carbons (Fsp3) is 0.364. The normalized spacial score (nSPS) is 10.3. The lowest BCUT2D eigenvalue weighted by atomic mass is 10.5. The van der Waals surface area contributed by atoms with E-state index in [-0.39, 0.29) is 0 Å². The van der Waals surface area contributed by atoms with E-state index < -0.39 is 0 Å². The third kappa shape index (κ3) is 8.41. The van der Waals surface area contributed by atoms with E-state index in [9.17, 15) is 0 Å². The second-order valence-corrected chi connectivity index (χ2v) is 2.42. The van der Waals surface area contributed by atoms with Crippen LogP contribution < -0.4 is 5.32 Å². The van der Waals surface area contributed by atoms with Crippen LogP contribution in [0.4, 0.5) is 0 Å². The zero-order valence-corrected chi connectivity index (χ0v) is 8.49. The average Bonchev–Trinajstić information content (AvgIpc) is 2.18. The van der Waals surface area contributed by atoms with Crippen LogP contribution in [-0.2, 0) is 4.74 Å². The molecule has 0 aromatic rings. The van der Waals surface area contributed by atoms with E-state index in [1.165, 1.54) is 0 Å². The Morgan fingerprint density at radius 2 is 2.50 bits per heavy atom. The number of aliphatic imine (C=N–C) groups is 1. The molecule has 0 saturated heterocycles. The van der Waals surface area contributed by atoms with Crippen LogP contribution in [0.1, 0.15) is 13.3 Å². The zero-order chi connectivity index (χ0) is 10.6. The van der Waals surface area contributed by atoms with Gasteiger partial charge in [0.25, 0.3) is 0 Å². The van der Waals surface area contributed by atoms with Gasteiger partial charge in [0.1, 0.15) is 6.61 Å². The number of hydrogen-bond donors (Lipinski definition) is 1. The van der Waals surface area contributed by atoms with Crippen LogP contribution in [0, 0.1) is 12.3 Å². The second-order valence-electron chi connectivity index (χ2n) is 2.42. The fourth-order valence-electron chi connectivity index (χ4n) is 0.643. The van der Waals surface area contributed by atoms with Gasteiger partial charge in [0.15, 0.2) is 5.88 Å². The molecule has 0 unspecified atom stereocenters. The summed E-state index contributed by atoms with van der Waals surface area (Å²) in [4.78, 5) is 3.96. The minimum Gasteiger partial charge on any atom is -0.479 e. The lowest BCUT2D eigenvalue weighted by molar-refractivity contribution is 0.202. The molecule has 0 amide bonds. The summed E-state index contributed by atoms with van der Waals surface area (Å²) in [6.45, 7) is 6.66. The summed E-state index contributed by atoms with van der Waals surface area (Å²) in [5, 5.41) is 2.93. The van der Waals surface area contributed by atoms with Crippen molar-refractivity contribution in [1.29, 1.82) is 0 Å². The van der Waals surface area contributed by atoms with Crippen molar-refractivity contribution in [3.8, 4) is 12.3 Å². The van der Waals surface area contributed by atoms with Crippen molar-refractivity contribution in [3.63, 3.8) is 0 Å². The van der Waals surface area contributed by atoms with Crippen LogP contribution in [0.15, 0.2) is 29.7 Å². The number of allylic oxidation sites excluding steroid dienone is 1. The van der Waals surface area contributed by atoms with Gasteiger partial charge in [-0.25, -0.2) is 0 Å². The largest absolute Gasteiger partial charge is 0.479 e. The standard InChI is InChI=1S/C11H16N2O/c1-4-6-10-14-11(3)13-9-8-12-7-5-2/h1,5,7-8,13H,3,6,9-10H2,2H3/b7-5-,12-8?. The Bertz CT molecular complexity index is 249. The van der Waals surface area contributed by atoms with Crippen molar-refractivity contribution >= 4 is 6.21 Å². The van der Waals surface area contributed by atoms with E-state index in [4.69, 9.17) is 11.2 Å². The Balaban J connectivity index is 3.40. The van der Waals surface area contributed by atoms with Crippen LogP contribution in [0.3, 0.4) is 0 Å². The van der Waals surface area contributed by atoms with Gasteiger partial charge in [0.2, 0.25) is 0 Å². The predicted molar refractivity (Wildman–Crippen MR) is 59.9 cm³/mol. The minimum atomic E-state index is 0.494. The van der Waals surface area contributed by atoms with E-state index in [1.54, 1.807) is 12.4 Å². The number of nitrogens with one attached hydrogen (secondary N) is 1. The van der Waals surface area contributed by atoms with Gasteiger partial charge in [-0.15, -0.1) is 12.3 Å². The molecule has 76 valence electrons. The smallest absolute Gasteiger partial charge is 0.179 e. The van der Waals surface area contributed by atoms with Gasteiger partial charge in [0.05, 0.1) is 6.54 Å². The third-order valence-corrected chi connectivity index (χ3v) is 1.25. The molecule has 0 aliphatic rings. The number of terminal acetylenes is 1. The summed E-state index contributed by atoms with van der Waals surface area (Å²) >= 11 is 0. The monoisotopic (exact) mass is 192 g/mol. The van der Waals surface area contributed by atoms with Crippen molar-refractivity contribution in [1.82, 2.24) is 5.32 Å². The predicted octanol–water partition coefficient (Wildman–Crippen LogP) is 1.69. The summed E-state index contributed by atoms with van der Waals surface area (Å²) in [7, 11) is 0. The SMILES string of the molecule is C#CCCOC(=C)NCC=N/C=C\C. The maximum absolute atomic E-state index is 5.16. The molecule has 0 spiro atoms. The maximum Gasteiger partial charge on any atom is 0.179 e. The van der Waals surface area contributed by atoms with Gasteiger partial charge in [0, 0.05) is 18.8 Å². The quantitative estimate of drug-likeness (QED) is 0.288. The first-order valence-electron chi connectivity index (χ1n) is 4.43. The summed E-state index contributed by atoms with van der Waals surface area (Å²) in [5.74, 6) is 3.00. The Morgan fingerprint density at radius 1 is 1.71 bits per heavy atom. The molecule has 0 heterocycles. The molecule has 0 aromatic heterocycles. The summed E-state index contributed by atoms with van der Waals surface area (Å²) < 4.78 is 5.16. The third-order valence-electron chi connectivity index (χ3n) is 1.25. The van der Waals surface area contributed by atoms with Crippen molar-refractivity contribution in [2.75, 3.05) is 13.2 Å². The molecule has 0 bridgehead atoms. The highest BCUT2D eigenvalue weighted by Gasteiger charge is 1.89. The molecular formula is C11H16N2O. The highest BCUT2D eigenvalue weighted by Crippen LogP contribution is 1.88. The highest BCUT2D eigenvalue weighted by atomic mass is 16.5. The number of rotatable bonds is 7. The molecule has 14 heavy (non-hydrogen) atoms. The molecule has 1 N–H and O–H groups in total. The van der Waals surface area contributed by atoms with Crippen molar-refractivity contribution in [3.05, 3.63) is 24.7 Å². The van der Waals surface area contributed by atoms with Gasteiger partial charge >= 0.3 is 0 Å². The summed E-state index contributed by atoms with van der Waals surface area (Å²) in [6.07, 6.45) is 11.0. The molecule has 0 fully saturated rings. The lowest BCUT2D eigenvalue weighted by Gasteiger charge is -2.07. The Morgan fingerprint density at radius 3 is 3.14 bits per heavy atom. The van der Waals surface area contributed by atoms with E-state index >= 15 is 0 Å². The molecule has 3 heteroatoms. The van der Waals surface area contributed by atoms with Crippen LogP contribution in [0.25, 0.3) is 0 Å². The molecule has 0 saturated carbocycles. The number of hydrogen-bond acceptors (Lipinski definition) is 3. The van der Waals surface area contributed by atoms with Crippen LogP contribution in [0.2, 0.25) is 0 Å². The Kier molecular flexibility index (Phi) is 8.26. The Hall–Kier alpha value is -1.69. The second kappa shape index (κ2) is 9.40. The van der Waals surface area contributed by atoms with Crippen LogP contribution in [-0.4, -0.2) is 19.4 Å². The first-order chi connectivity index (χ1) is 6.81. The molecule has 0 atom stereocenters. The topological polar surface area (TPSA) is 33.6 Å². The van der Waals surface area contributed by atoms with E-state index in [0.29, 0.717) is 25.5 Å². The molecule has 0 radical (unpaired) electrons. The average molecular weight is 192 g/mol. The summed E-state index contributed by atoms with van der Waals surface area (Å²) in [5.41, 5.74) is 0.